The maximum Gasteiger partial charge on any atom is 0.162 e. The third-order valence-corrected chi connectivity index (χ3v) is 10.2. The summed E-state index contributed by atoms with van der Waals surface area (Å²) in [5.41, 5.74) is 6.33. The number of nitriles is 1. The van der Waals surface area contributed by atoms with Gasteiger partial charge >= 0.3 is 0 Å². The lowest BCUT2D eigenvalue weighted by Gasteiger charge is -2.28. The van der Waals surface area contributed by atoms with Crippen LogP contribution in [-0.4, -0.2) is 82.6 Å². The van der Waals surface area contributed by atoms with Crippen LogP contribution < -0.4 is 18.9 Å². The first kappa shape index (κ1) is 35.1. The first-order chi connectivity index (χ1) is 24.8. The molecule has 51 heavy (non-hydrogen) atoms. The molecular formula is C40H43ClN4O6. The number of hydrogen-bond acceptors (Lipinski definition) is 10. The van der Waals surface area contributed by atoms with Crippen molar-refractivity contribution >= 4 is 11.6 Å². The molecule has 1 aromatic heterocycles. The fourth-order valence-corrected chi connectivity index (χ4v) is 7.25. The number of halogens is 1. The molecule has 3 atom stereocenters. The Hall–Kier alpha value is -4.37. The summed E-state index contributed by atoms with van der Waals surface area (Å²) in [7, 11) is 0. The van der Waals surface area contributed by atoms with Gasteiger partial charge in [0, 0.05) is 75.3 Å². The zero-order valence-corrected chi connectivity index (χ0v) is 29.5. The van der Waals surface area contributed by atoms with Gasteiger partial charge in [-0.25, -0.2) is 0 Å². The number of aliphatic hydroxyl groups excluding tert-OH is 2. The van der Waals surface area contributed by atoms with Crippen LogP contribution in [0.15, 0.2) is 67.0 Å². The number of β-amino-alcohol motifs (C(OH)–C–C–N with tert-alkyl or cyclic N) is 2. The van der Waals surface area contributed by atoms with E-state index in [-0.39, 0.29) is 24.9 Å². The third-order valence-electron chi connectivity index (χ3n) is 9.89. The topological polar surface area (TPSA) is 121 Å². The highest BCUT2D eigenvalue weighted by molar-refractivity contribution is 6.32. The minimum absolute atomic E-state index is 0.0438. The van der Waals surface area contributed by atoms with Crippen molar-refractivity contribution in [2.45, 2.75) is 64.3 Å². The highest BCUT2D eigenvalue weighted by atomic mass is 35.5. The van der Waals surface area contributed by atoms with Crippen molar-refractivity contribution in [1.82, 2.24) is 14.8 Å². The summed E-state index contributed by atoms with van der Waals surface area (Å²) >= 11 is 6.82. The Morgan fingerprint density at radius 3 is 2.51 bits per heavy atom. The Morgan fingerprint density at radius 2 is 1.73 bits per heavy atom. The van der Waals surface area contributed by atoms with Crippen LogP contribution in [0.25, 0.3) is 11.1 Å². The molecule has 2 saturated heterocycles. The van der Waals surface area contributed by atoms with Crippen LogP contribution in [0, 0.1) is 18.3 Å². The van der Waals surface area contributed by atoms with Gasteiger partial charge in [-0.3, -0.25) is 9.88 Å². The average molecular weight is 711 g/mol. The number of aliphatic hydroxyl groups is 2. The van der Waals surface area contributed by atoms with E-state index in [1.54, 1.807) is 12.3 Å². The molecule has 3 aliphatic rings. The smallest absolute Gasteiger partial charge is 0.162 e. The second-order valence-corrected chi connectivity index (χ2v) is 14.1. The van der Waals surface area contributed by atoms with Crippen LogP contribution in [0.3, 0.4) is 0 Å². The zero-order valence-electron chi connectivity index (χ0n) is 28.8. The normalized spacial score (nSPS) is 20.3. The number of hydrogen-bond donors (Lipinski definition) is 2. The van der Waals surface area contributed by atoms with Gasteiger partial charge in [-0.2, -0.15) is 5.26 Å². The van der Waals surface area contributed by atoms with Gasteiger partial charge in [-0.15, -0.1) is 0 Å². The van der Waals surface area contributed by atoms with Gasteiger partial charge in [0.2, 0.25) is 0 Å². The molecule has 4 aromatic rings. The van der Waals surface area contributed by atoms with Gasteiger partial charge in [0.15, 0.2) is 11.5 Å². The molecule has 3 aromatic carbocycles. The largest absolute Gasteiger partial charge is 0.488 e. The molecule has 11 heteroatoms. The van der Waals surface area contributed by atoms with Gasteiger partial charge in [0.25, 0.3) is 0 Å². The zero-order chi connectivity index (χ0) is 35.3. The van der Waals surface area contributed by atoms with E-state index in [9.17, 15) is 15.5 Å². The molecule has 2 fully saturated rings. The summed E-state index contributed by atoms with van der Waals surface area (Å²) in [6, 6.07) is 19.8. The van der Waals surface area contributed by atoms with E-state index in [2.05, 4.69) is 52.0 Å². The Balaban J connectivity index is 1.06. The van der Waals surface area contributed by atoms with Crippen molar-refractivity contribution in [3.05, 3.63) is 99.8 Å². The molecule has 0 spiro atoms. The van der Waals surface area contributed by atoms with E-state index in [0.29, 0.717) is 48.4 Å². The maximum atomic E-state index is 10.1. The van der Waals surface area contributed by atoms with Gasteiger partial charge in [-0.05, 0) is 66.3 Å². The molecule has 0 saturated carbocycles. The molecule has 266 valence electrons. The highest BCUT2D eigenvalue weighted by Crippen LogP contribution is 2.39. The van der Waals surface area contributed by atoms with Crippen molar-refractivity contribution in [3.63, 3.8) is 0 Å². The third kappa shape index (κ3) is 8.58. The summed E-state index contributed by atoms with van der Waals surface area (Å²) in [6.07, 6.45) is 4.99. The number of likely N-dealkylation sites (tertiary alicyclic amines) is 2. The Labute approximate surface area is 303 Å². The fourth-order valence-electron chi connectivity index (χ4n) is 7.01. The predicted octanol–water partition coefficient (Wildman–Crippen LogP) is 5.90. The number of benzene rings is 3. The van der Waals surface area contributed by atoms with Crippen molar-refractivity contribution in [2.75, 3.05) is 39.3 Å². The molecule has 0 radical (unpaired) electrons. The lowest BCUT2D eigenvalue weighted by molar-refractivity contribution is 0.0757. The maximum absolute atomic E-state index is 10.1. The number of pyridine rings is 1. The minimum atomic E-state index is -0.341. The first-order valence-electron chi connectivity index (χ1n) is 17.6. The van der Waals surface area contributed by atoms with Crippen LogP contribution in [0.1, 0.15) is 47.1 Å². The molecule has 4 heterocycles. The molecule has 10 nitrogen and oxygen atoms in total. The van der Waals surface area contributed by atoms with Crippen LogP contribution >= 0.6 is 11.6 Å². The number of nitrogens with zero attached hydrogens (tertiary/aromatic N) is 4. The molecule has 2 N–H and O–H groups in total. The van der Waals surface area contributed by atoms with Crippen molar-refractivity contribution in [3.8, 4) is 40.2 Å². The van der Waals surface area contributed by atoms with Crippen LogP contribution in [0.5, 0.6) is 23.0 Å². The molecule has 3 unspecified atom stereocenters. The van der Waals surface area contributed by atoms with Crippen molar-refractivity contribution in [2.24, 2.45) is 0 Å². The first-order valence-corrected chi connectivity index (χ1v) is 17.9. The number of fused-ring (bicyclic) bond motifs is 1. The highest BCUT2D eigenvalue weighted by Gasteiger charge is 2.26. The van der Waals surface area contributed by atoms with E-state index in [1.165, 1.54) is 6.20 Å². The summed E-state index contributed by atoms with van der Waals surface area (Å²) < 4.78 is 25.1. The second-order valence-electron chi connectivity index (χ2n) is 13.7. The Morgan fingerprint density at radius 1 is 0.922 bits per heavy atom. The minimum Gasteiger partial charge on any atom is -0.488 e. The number of ether oxygens (including phenoxy) is 4. The standard InChI is InChI=1S/C40H43ClN4O6/c1-26-30(3-2-4-35(26)29-5-6-37-40(15-29)51-34(25-50-37)9-12-44-10-7-32(46)21-44)24-49-39-16-38(48-23-28-13-27(17-42)18-43-19-28)31(14-36(39)41)20-45-11-8-33(47)22-45/h2-6,13-16,18-19,32-34,46-47H,7-12,20-25H2,1H3. The van der Waals surface area contributed by atoms with Gasteiger partial charge < -0.3 is 34.1 Å². The molecule has 7 rings (SSSR count). The summed E-state index contributed by atoms with van der Waals surface area (Å²) in [6.45, 7) is 7.58. The molecule has 0 amide bonds. The molecular weight excluding hydrogens is 668 g/mol. The summed E-state index contributed by atoms with van der Waals surface area (Å²) in [5, 5.41) is 29.7. The lowest BCUT2D eigenvalue weighted by Crippen LogP contribution is -2.34. The Bertz CT molecular complexity index is 1900. The molecule has 3 aliphatic heterocycles. The van der Waals surface area contributed by atoms with Gasteiger partial charge in [0.05, 0.1) is 22.8 Å². The monoisotopic (exact) mass is 710 g/mol. The molecule has 0 bridgehead atoms. The van der Waals surface area contributed by atoms with Crippen molar-refractivity contribution < 1.29 is 29.2 Å². The summed E-state index contributed by atoms with van der Waals surface area (Å²) in [5.74, 6) is 2.61. The van der Waals surface area contributed by atoms with Gasteiger partial charge in [-0.1, -0.05) is 35.9 Å². The van der Waals surface area contributed by atoms with E-state index in [4.69, 9.17) is 30.5 Å². The Kier molecular flexibility index (Phi) is 10.9. The quantitative estimate of drug-likeness (QED) is 0.184. The van der Waals surface area contributed by atoms with E-state index in [1.807, 2.05) is 24.3 Å². The van der Waals surface area contributed by atoms with Crippen LogP contribution in [0.4, 0.5) is 0 Å². The predicted molar refractivity (Wildman–Crippen MR) is 193 cm³/mol. The lowest BCUT2D eigenvalue weighted by atomic mass is 9.96. The SMILES string of the molecule is Cc1c(COc2cc(OCc3cncc(C#N)c3)c(CN3CCC(O)C3)cc2Cl)cccc1-c1ccc2c(c1)OC(CCN1CCC(O)C1)CO2. The van der Waals surface area contributed by atoms with E-state index >= 15 is 0 Å². The second kappa shape index (κ2) is 15.9. The van der Waals surface area contributed by atoms with Crippen molar-refractivity contribution in [1.29, 1.82) is 5.26 Å². The molecule has 0 aliphatic carbocycles. The van der Waals surface area contributed by atoms with Crippen LogP contribution in [-0.2, 0) is 19.8 Å². The number of rotatable bonds is 12. The van der Waals surface area contributed by atoms with Crippen LogP contribution in [0.2, 0.25) is 5.02 Å². The summed E-state index contributed by atoms with van der Waals surface area (Å²) in [4.78, 5) is 8.61. The van der Waals surface area contributed by atoms with Gasteiger partial charge in [0.1, 0.15) is 43.5 Å². The average Bonchev–Trinajstić information content (AvgIpc) is 3.76. The number of aromatic nitrogens is 1. The van der Waals surface area contributed by atoms with E-state index in [0.717, 1.165) is 90.3 Å². The fraction of sp³-hybridized carbons (Fsp3) is 0.400. The van der Waals surface area contributed by atoms with E-state index < -0.39 is 0 Å².